The first-order valence-electron chi connectivity index (χ1n) is 6.53. The molecule has 0 saturated carbocycles. The second-order valence-electron chi connectivity index (χ2n) is 4.61. The highest BCUT2D eigenvalue weighted by molar-refractivity contribution is 5.93. The highest BCUT2D eigenvalue weighted by Crippen LogP contribution is 2.07. The van der Waals surface area contributed by atoms with E-state index in [0.717, 1.165) is 31.6 Å². The molecule has 0 aliphatic carbocycles. The van der Waals surface area contributed by atoms with Gasteiger partial charge in [0, 0.05) is 26.3 Å². The van der Waals surface area contributed by atoms with E-state index in [-0.39, 0.29) is 5.91 Å². The molecule has 18 heavy (non-hydrogen) atoms. The molecule has 0 aliphatic heterocycles. The van der Waals surface area contributed by atoms with Crippen LogP contribution in [0.15, 0.2) is 24.3 Å². The van der Waals surface area contributed by atoms with Gasteiger partial charge < -0.3 is 9.64 Å². The Labute approximate surface area is 110 Å². The maximum absolute atomic E-state index is 11.7. The van der Waals surface area contributed by atoms with Gasteiger partial charge in [0.2, 0.25) is 0 Å². The zero-order valence-electron chi connectivity index (χ0n) is 11.6. The van der Waals surface area contributed by atoms with Crippen LogP contribution in [0.5, 0.6) is 0 Å². The van der Waals surface area contributed by atoms with E-state index in [9.17, 15) is 4.79 Å². The van der Waals surface area contributed by atoms with Crippen LogP contribution in [0.4, 0.5) is 0 Å². The minimum absolute atomic E-state index is 0.0424. The van der Waals surface area contributed by atoms with Gasteiger partial charge in [-0.05, 0) is 30.5 Å². The van der Waals surface area contributed by atoms with E-state index in [4.69, 9.17) is 4.74 Å². The Bertz CT molecular complexity index is 357. The zero-order valence-corrected chi connectivity index (χ0v) is 11.6. The van der Waals surface area contributed by atoms with Crippen molar-refractivity contribution in [1.82, 2.24) is 4.90 Å². The van der Waals surface area contributed by atoms with Gasteiger partial charge in [-0.2, -0.15) is 0 Å². The van der Waals surface area contributed by atoms with Crippen molar-refractivity contribution in [3.63, 3.8) is 0 Å². The first kappa shape index (κ1) is 14.7. The number of carbonyl (C=O) groups excluding carboxylic acids is 1. The Morgan fingerprint density at radius 1 is 1.17 bits per heavy atom. The second kappa shape index (κ2) is 7.88. The van der Waals surface area contributed by atoms with Crippen LogP contribution >= 0.6 is 0 Å². The van der Waals surface area contributed by atoms with Crippen LogP contribution in [0.1, 0.15) is 35.7 Å². The fourth-order valence-electron chi connectivity index (χ4n) is 1.61. The Kier molecular flexibility index (Phi) is 6.44. The van der Waals surface area contributed by atoms with Crippen molar-refractivity contribution in [1.29, 1.82) is 0 Å². The van der Waals surface area contributed by atoms with Gasteiger partial charge in [-0.3, -0.25) is 4.79 Å². The monoisotopic (exact) mass is 249 g/mol. The SMILES string of the molecule is CCCCOCCc1ccc(C(=O)N(C)C)cc1. The highest BCUT2D eigenvalue weighted by atomic mass is 16.5. The number of hydrogen-bond acceptors (Lipinski definition) is 2. The van der Waals surface area contributed by atoms with E-state index < -0.39 is 0 Å². The molecule has 100 valence electrons. The molecule has 0 saturated heterocycles. The van der Waals surface area contributed by atoms with Crippen molar-refractivity contribution >= 4 is 5.91 Å². The number of hydrogen-bond donors (Lipinski definition) is 0. The molecule has 0 atom stereocenters. The van der Waals surface area contributed by atoms with Crippen molar-refractivity contribution in [3.05, 3.63) is 35.4 Å². The lowest BCUT2D eigenvalue weighted by molar-refractivity contribution is 0.0827. The molecule has 0 heterocycles. The topological polar surface area (TPSA) is 29.5 Å². The van der Waals surface area contributed by atoms with Gasteiger partial charge in [-0.25, -0.2) is 0 Å². The van der Waals surface area contributed by atoms with Crippen molar-refractivity contribution in [2.45, 2.75) is 26.2 Å². The minimum Gasteiger partial charge on any atom is -0.381 e. The molecule has 1 aromatic rings. The molecule has 0 spiro atoms. The third-order valence-corrected chi connectivity index (χ3v) is 2.78. The number of carbonyl (C=O) groups is 1. The molecular formula is C15H23NO2. The normalized spacial score (nSPS) is 10.4. The van der Waals surface area contributed by atoms with Crippen molar-refractivity contribution in [3.8, 4) is 0 Å². The van der Waals surface area contributed by atoms with Crippen LogP contribution in [-0.4, -0.2) is 38.1 Å². The molecule has 1 amide bonds. The fraction of sp³-hybridized carbons (Fsp3) is 0.533. The summed E-state index contributed by atoms with van der Waals surface area (Å²) < 4.78 is 5.52. The number of rotatable bonds is 7. The van der Waals surface area contributed by atoms with Crippen LogP contribution in [0, 0.1) is 0 Å². The number of ether oxygens (including phenoxy) is 1. The Morgan fingerprint density at radius 3 is 2.39 bits per heavy atom. The summed E-state index contributed by atoms with van der Waals surface area (Å²) in [6.45, 7) is 3.75. The van der Waals surface area contributed by atoms with E-state index in [1.165, 1.54) is 12.0 Å². The summed E-state index contributed by atoms with van der Waals surface area (Å²) in [5.74, 6) is 0.0424. The van der Waals surface area contributed by atoms with Crippen molar-refractivity contribution in [2.24, 2.45) is 0 Å². The summed E-state index contributed by atoms with van der Waals surface area (Å²) in [4.78, 5) is 13.3. The van der Waals surface area contributed by atoms with Gasteiger partial charge in [0.15, 0.2) is 0 Å². The van der Waals surface area contributed by atoms with E-state index >= 15 is 0 Å². The molecule has 1 rings (SSSR count). The van der Waals surface area contributed by atoms with E-state index in [1.54, 1.807) is 19.0 Å². The van der Waals surface area contributed by atoms with E-state index in [1.807, 2.05) is 24.3 Å². The van der Waals surface area contributed by atoms with Crippen LogP contribution in [-0.2, 0) is 11.2 Å². The first-order valence-corrected chi connectivity index (χ1v) is 6.53. The van der Waals surface area contributed by atoms with Gasteiger partial charge in [0.1, 0.15) is 0 Å². The number of amides is 1. The summed E-state index contributed by atoms with van der Waals surface area (Å²) >= 11 is 0. The van der Waals surface area contributed by atoms with Gasteiger partial charge in [0.05, 0.1) is 6.61 Å². The average molecular weight is 249 g/mol. The van der Waals surface area contributed by atoms with Crippen molar-refractivity contribution in [2.75, 3.05) is 27.3 Å². The number of unbranched alkanes of at least 4 members (excludes halogenated alkanes) is 1. The Morgan fingerprint density at radius 2 is 1.83 bits per heavy atom. The predicted octanol–water partition coefficient (Wildman–Crippen LogP) is 2.75. The summed E-state index contributed by atoms with van der Waals surface area (Å²) in [6.07, 6.45) is 3.19. The standard InChI is InChI=1S/C15H23NO2/c1-4-5-11-18-12-10-13-6-8-14(9-7-13)15(17)16(2)3/h6-9H,4-5,10-12H2,1-3H3. The smallest absolute Gasteiger partial charge is 0.253 e. The molecule has 3 nitrogen and oxygen atoms in total. The molecular weight excluding hydrogens is 226 g/mol. The molecule has 0 aliphatic rings. The van der Waals surface area contributed by atoms with Gasteiger partial charge in [-0.15, -0.1) is 0 Å². The Hall–Kier alpha value is -1.35. The minimum atomic E-state index is 0.0424. The maximum Gasteiger partial charge on any atom is 0.253 e. The van der Waals surface area contributed by atoms with Crippen molar-refractivity contribution < 1.29 is 9.53 Å². The molecule has 0 aromatic heterocycles. The fourth-order valence-corrected chi connectivity index (χ4v) is 1.61. The van der Waals surface area contributed by atoms with Crippen LogP contribution in [0.2, 0.25) is 0 Å². The second-order valence-corrected chi connectivity index (χ2v) is 4.61. The zero-order chi connectivity index (χ0) is 13.4. The summed E-state index contributed by atoms with van der Waals surface area (Å²) in [7, 11) is 3.52. The summed E-state index contributed by atoms with van der Waals surface area (Å²) in [5.41, 5.74) is 1.94. The number of benzene rings is 1. The Balaban J connectivity index is 2.38. The van der Waals surface area contributed by atoms with Crippen LogP contribution in [0.3, 0.4) is 0 Å². The molecule has 0 radical (unpaired) electrons. The van der Waals surface area contributed by atoms with Gasteiger partial charge in [0.25, 0.3) is 5.91 Å². The predicted molar refractivity (Wildman–Crippen MR) is 73.9 cm³/mol. The third-order valence-electron chi connectivity index (χ3n) is 2.78. The lowest BCUT2D eigenvalue weighted by Gasteiger charge is -2.10. The lowest BCUT2D eigenvalue weighted by atomic mass is 10.1. The third kappa shape index (κ3) is 4.88. The average Bonchev–Trinajstić information content (AvgIpc) is 2.38. The number of nitrogens with zero attached hydrogens (tertiary/aromatic N) is 1. The summed E-state index contributed by atoms with van der Waals surface area (Å²) in [6, 6.07) is 7.76. The lowest BCUT2D eigenvalue weighted by Crippen LogP contribution is -2.21. The molecule has 0 bridgehead atoms. The molecule has 0 unspecified atom stereocenters. The van der Waals surface area contributed by atoms with Crippen LogP contribution in [0.25, 0.3) is 0 Å². The first-order chi connectivity index (χ1) is 8.65. The van der Waals surface area contributed by atoms with Gasteiger partial charge >= 0.3 is 0 Å². The molecule has 0 N–H and O–H groups in total. The molecule has 0 fully saturated rings. The molecule has 3 heteroatoms. The van der Waals surface area contributed by atoms with Crippen LogP contribution < -0.4 is 0 Å². The highest BCUT2D eigenvalue weighted by Gasteiger charge is 2.06. The maximum atomic E-state index is 11.7. The quantitative estimate of drug-likeness (QED) is 0.695. The summed E-state index contributed by atoms with van der Waals surface area (Å²) in [5, 5.41) is 0. The largest absolute Gasteiger partial charge is 0.381 e. The molecule has 1 aromatic carbocycles. The van der Waals surface area contributed by atoms with E-state index in [0.29, 0.717) is 0 Å². The van der Waals surface area contributed by atoms with E-state index in [2.05, 4.69) is 6.92 Å². The van der Waals surface area contributed by atoms with Gasteiger partial charge in [-0.1, -0.05) is 25.5 Å².